The molecule has 4 rings (SSSR count). The zero-order valence-corrected chi connectivity index (χ0v) is 18.6. The number of phenols is 1. The molecule has 3 aromatic carbocycles. The van der Waals surface area contributed by atoms with Crippen LogP contribution in [0.3, 0.4) is 0 Å². The smallest absolute Gasteiger partial charge is 0.115 e. The highest BCUT2D eigenvalue weighted by molar-refractivity contribution is 5.85. The van der Waals surface area contributed by atoms with Crippen molar-refractivity contribution in [3.63, 3.8) is 0 Å². The van der Waals surface area contributed by atoms with E-state index in [-0.39, 0.29) is 12.4 Å². The second-order valence-corrected chi connectivity index (χ2v) is 8.23. The van der Waals surface area contributed by atoms with E-state index in [9.17, 15) is 5.11 Å². The minimum atomic E-state index is 0. The van der Waals surface area contributed by atoms with E-state index in [1.54, 1.807) is 12.1 Å². The molecule has 0 unspecified atom stereocenters. The van der Waals surface area contributed by atoms with Gasteiger partial charge in [0.1, 0.15) is 5.75 Å². The van der Waals surface area contributed by atoms with Gasteiger partial charge >= 0.3 is 0 Å². The minimum Gasteiger partial charge on any atom is -0.508 e. The van der Waals surface area contributed by atoms with Crippen LogP contribution < -0.4 is 5.32 Å². The van der Waals surface area contributed by atoms with Crippen LogP contribution in [0.25, 0.3) is 0 Å². The molecule has 31 heavy (non-hydrogen) atoms. The van der Waals surface area contributed by atoms with Crippen LogP contribution in [0.4, 0.5) is 0 Å². The molecule has 1 saturated heterocycles. The van der Waals surface area contributed by atoms with Gasteiger partial charge in [-0.3, -0.25) is 0 Å². The first-order chi connectivity index (χ1) is 14.8. The highest BCUT2D eigenvalue weighted by atomic mass is 35.5. The van der Waals surface area contributed by atoms with Crippen LogP contribution in [-0.4, -0.2) is 23.9 Å². The number of hydrogen-bond acceptors (Lipinski definition) is 3. The van der Waals surface area contributed by atoms with Crippen molar-refractivity contribution in [2.45, 2.75) is 50.3 Å². The Balaban J connectivity index is 0.00000272. The summed E-state index contributed by atoms with van der Waals surface area (Å²) in [5.41, 5.74) is 3.95. The summed E-state index contributed by atoms with van der Waals surface area (Å²) in [4.78, 5) is 0. The molecule has 1 heterocycles. The lowest BCUT2D eigenvalue weighted by molar-refractivity contribution is -0.00866. The molecule has 0 amide bonds. The van der Waals surface area contributed by atoms with Crippen LogP contribution in [0.5, 0.6) is 5.75 Å². The molecule has 2 N–H and O–H groups in total. The maximum absolute atomic E-state index is 9.40. The van der Waals surface area contributed by atoms with Gasteiger partial charge in [-0.15, -0.1) is 12.4 Å². The Morgan fingerprint density at radius 2 is 1.45 bits per heavy atom. The lowest BCUT2D eigenvalue weighted by Gasteiger charge is -2.31. The average Bonchev–Trinajstić information content (AvgIpc) is 2.81. The van der Waals surface area contributed by atoms with Crippen LogP contribution in [0.1, 0.15) is 48.3 Å². The van der Waals surface area contributed by atoms with Crippen LogP contribution in [0.2, 0.25) is 0 Å². The Hall–Kier alpha value is -2.33. The molecule has 164 valence electrons. The predicted octanol–water partition coefficient (Wildman–Crippen LogP) is 6.06. The Kier molecular flexibility index (Phi) is 8.96. The molecule has 1 aliphatic rings. The molecular formula is C27H32ClNO2. The number of nitrogens with one attached hydrogen (secondary N) is 1. The van der Waals surface area contributed by atoms with Crippen molar-refractivity contribution in [1.29, 1.82) is 0 Å². The van der Waals surface area contributed by atoms with E-state index >= 15 is 0 Å². The van der Waals surface area contributed by atoms with Crippen molar-refractivity contribution in [2.75, 3.05) is 6.61 Å². The fourth-order valence-electron chi connectivity index (χ4n) is 4.32. The summed E-state index contributed by atoms with van der Waals surface area (Å²) < 4.78 is 6.22. The second kappa shape index (κ2) is 11.9. The summed E-state index contributed by atoms with van der Waals surface area (Å²) in [5.74, 6) is 0.730. The minimum absolute atomic E-state index is 0. The first-order valence-corrected chi connectivity index (χ1v) is 11.0. The number of phenolic OH excluding ortho intramolecular Hbond substituents is 1. The van der Waals surface area contributed by atoms with Gasteiger partial charge in [0, 0.05) is 18.5 Å². The fourth-order valence-corrected chi connectivity index (χ4v) is 4.32. The van der Waals surface area contributed by atoms with Gasteiger partial charge in [0.2, 0.25) is 0 Å². The lowest BCUT2D eigenvalue weighted by Crippen LogP contribution is -2.39. The quantitative estimate of drug-likeness (QED) is 0.449. The number of ether oxygens (including phenoxy) is 1. The van der Waals surface area contributed by atoms with E-state index in [2.05, 4.69) is 66.0 Å². The molecule has 1 aliphatic heterocycles. The molecule has 4 heteroatoms. The molecule has 1 fully saturated rings. The summed E-state index contributed by atoms with van der Waals surface area (Å²) in [6.45, 7) is 1.58. The standard InChI is InChI=1S/C27H31NO2.ClH/c29-25-14-11-21(12-15-25)19-28-24-13-16-26(30-20-24)17-18-27(22-7-3-1-4-8-22)23-9-5-2-6-10-23;/h1-12,14-15,24,26-29H,13,16-20H2;1H/t24-,26-;/m0./s1. The number of rotatable bonds is 8. The second-order valence-electron chi connectivity index (χ2n) is 8.23. The normalized spacial score (nSPS) is 18.5. The van der Waals surface area contributed by atoms with E-state index < -0.39 is 0 Å². The monoisotopic (exact) mass is 437 g/mol. The van der Waals surface area contributed by atoms with E-state index in [1.165, 1.54) is 16.7 Å². The number of aromatic hydroxyl groups is 1. The van der Waals surface area contributed by atoms with Crippen LogP contribution >= 0.6 is 12.4 Å². The van der Waals surface area contributed by atoms with Crippen molar-refractivity contribution in [3.05, 3.63) is 102 Å². The van der Waals surface area contributed by atoms with Crippen molar-refractivity contribution < 1.29 is 9.84 Å². The Bertz CT molecular complexity index is 839. The third-order valence-corrected chi connectivity index (χ3v) is 6.08. The van der Waals surface area contributed by atoms with E-state index in [0.717, 1.165) is 38.8 Å². The van der Waals surface area contributed by atoms with Gasteiger partial charge in [-0.25, -0.2) is 0 Å². The highest BCUT2D eigenvalue weighted by Gasteiger charge is 2.23. The molecule has 0 saturated carbocycles. The van der Waals surface area contributed by atoms with Gasteiger partial charge in [-0.05, 0) is 54.5 Å². The van der Waals surface area contributed by atoms with Gasteiger partial charge in [-0.1, -0.05) is 72.8 Å². The predicted molar refractivity (Wildman–Crippen MR) is 129 cm³/mol. The highest BCUT2D eigenvalue weighted by Crippen LogP contribution is 2.31. The topological polar surface area (TPSA) is 41.5 Å². The van der Waals surface area contributed by atoms with Gasteiger partial charge < -0.3 is 15.2 Å². The molecule has 0 aliphatic carbocycles. The summed E-state index contributed by atoms with van der Waals surface area (Å²) in [6.07, 6.45) is 4.77. The molecule has 0 bridgehead atoms. The van der Waals surface area contributed by atoms with E-state index in [0.29, 0.717) is 23.8 Å². The zero-order chi connectivity index (χ0) is 20.6. The molecule has 0 aromatic heterocycles. The van der Waals surface area contributed by atoms with Gasteiger partial charge in [0.25, 0.3) is 0 Å². The molecular weight excluding hydrogens is 406 g/mol. The molecule has 0 radical (unpaired) electrons. The van der Waals surface area contributed by atoms with Crippen LogP contribution in [-0.2, 0) is 11.3 Å². The van der Waals surface area contributed by atoms with Gasteiger partial charge in [0.05, 0.1) is 12.7 Å². The van der Waals surface area contributed by atoms with Gasteiger partial charge in [-0.2, -0.15) is 0 Å². The SMILES string of the molecule is Cl.Oc1ccc(CN[C@H]2CC[C@@H](CCC(c3ccccc3)c3ccccc3)OC2)cc1. The Labute approximate surface area is 191 Å². The number of halogens is 1. The third kappa shape index (κ3) is 6.83. The molecule has 0 spiro atoms. The van der Waals surface area contributed by atoms with E-state index in [1.807, 2.05) is 12.1 Å². The summed E-state index contributed by atoms with van der Waals surface area (Å²) >= 11 is 0. The van der Waals surface area contributed by atoms with Crippen LogP contribution in [0.15, 0.2) is 84.9 Å². The fraction of sp³-hybridized carbons (Fsp3) is 0.333. The Morgan fingerprint density at radius 1 is 0.839 bits per heavy atom. The van der Waals surface area contributed by atoms with Crippen molar-refractivity contribution >= 4 is 12.4 Å². The lowest BCUT2D eigenvalue weighted by atomic mass is 9.86. The third-order valence-electron chi connectivity index (χ3n) is 6.08. The molecule has 3 aromatic rings. The first-order valence-electron chi connectivity index (χ1n) is 11.0. The zero-order valence-electron chi connectivity index (χ0n) is 17.8. The molecule has 3 nitrogen and oxygen atoms in total. The van der Waals surface area contributed by atoms with Crippen LogP contribution in [0, 0.1) is 0 Å². The molecule has 2 atom stereocenters. The summed E-state index contributed by atoms with van der Waals surface area (Å²) in [7, 11) is 0. The summed E-state index contributed by atoms with van der Waals surface area (Å²) in [5, 5.41) is 13.0. The van der Waals surface area contributed by atoms with Crippen molar-refractivity contribution in [3.8, 4) is 5.75 Å². The summed E-state index contributed by atoms with van der Waals surface area (Å²) in [6, 6.07) is 29.4. The van der Waals surface area contributed by atoms with Gasteiger partial charge in [0.15, 0.2) is 0 Å². The number of benzene rings is 3. The maximum Gasteiger partial charge on any atom is 0.115 e. The van der Waals surface area contributed by atoms with E-state index in [4.69, 9.17) is 4.74 Å². The van der Waals surface area contributed by atoms with Crippen molar-refractivity contribution in [2.24, 2.45) is 0 Å². The maximum atomic E-state index is 9.40. The van der Waals surface area contributed by atoms with Crippen molar-refractivity contribution in [1.82, 2.24) is 5.32 Å². The number of hydrogen-bond donors (Lipinski definition) is 2. The Morgan fingerprint density at radius 3 is 2.00 bits per heavy atom. The average molecular weight is 438 g/mol. The largest absolute Gasteiger partial charge is 0.508 e. The first kappa shape index (κ1) is 23.3.